The van der Waals surface area contributed by atoms with Gasteiger partial charge in [-0.2, -0.15) is 0 Å². The quantitative estimate of drug-likeness (QED) is 0.408. The number of aliphatic hydroxyl groups excluding tert-OH is 2. The summed E-state index contributed by atoms with van der Waals surface area (Å²) in [5, 5.41) is 39.5. The van der Waals surface area contributed by atoms with Gasteiger partial charge in [-0.05, 0) is 36.1 Å². The minimum atomic E-state index is -0.960. The Morgan fingerprint density at radius 1 is 0.933 bits per heavy atom. The van der Waals surface area contributed by atoms with Crippen molar-refractivity contribution in [3.63, 3.8) is 0 Å². The molecule has 0 aliphatic carbocycles. The molecule has 166 valence electrons. The third-order valence-corrected chi connectivity index (χ3v) is 4.85. The SMILES string of the molecule is CCc1c(O)cc(O)c(-c2ccc(OC)c(OC)c2OC)c1CCOCC(O)CO. The molecule has 30 heavy (non-hydrogen) atoms. The lowest BCUT2D eigenvalue weighted by molar-refractivity contribution is 0.00720. The van der Waals surface area contributed by atoms with E-state index >= 15 is 0 Å². The summed E-state index contributed by atoms with van der Waals surface area (Å²) in [6.07, 6.45) is -0.0713. The van der Waals surface area contributed by atoms with Gasteiger partial charge in [-0.3, -0.25) is 0 Å². The van der Waals surface area contributed by atoms with E-state index in [9.17, 15) is 15.3 Å². The monoisotopic (exact) mass is 422 g/mol. The average molecular weight is 422 g/mol. The third-order valence-electron chi connectivity index (χ3n) is 4.85. The zero-order valence-electron chi connectivity index (χ0n) is 17.8. The van der Waals surface area contributed by atoms with Crippen molar-refractivity contribution in [2.75, 3.05) is 41.2 Å². The van der Waals surface area contributed by atoms with Crippen LogP contribution < -0.4 is 14.2 Å². The van der Waals surface area contributed by atoms with E-state index in [0.717, 1.165) is 0 Å². The Bertz CT molecular complexity index is 850. The lowest BCUT2D eigenvalue weighted by Gasteiger charge is -2.21. The highest BCUT2D eigenvalue weighted by Crippen LogP contribution is 2.49. The van der Waals surface area contributed by atoms with E-state index in [1.165, 1.54) is 27.4 Å². The molecule has 1 unspecified atom stereocenters. The summed E-state index contributed by atoms with van der Waals surface area (Å²) in [5.41, 5.74) is 2.44. The largest absolute Gasteiger partial charge is 0.508 e. The zero-order chi connectivity index (χ0) is 22.3. The van der Waals surface area contributed by atoms with Gasteiger partial charge in [0.25, 0.3) is 0 Å². The summed E-state index contributed by atoms with van der Waals surface area (Å²) >= 11 is 0. The molecule has 0 saturated carbocycles. The number of phenolic OH excluding ortho intramolecular Hbond substituents is 2. The van der Waals surface area contributed by atoms with Crippen molar-refractivity contribution in [3.8, 4) is 39.9 Å². The molecule has 2 aromatic carbocycles. The van der Waals surface area contributed by atoms with Crippen LogP contribution in [0.4, 0.5) is 0 Å². The summed E-state index contributed by atoms with van der Waals surface area (Å²) in [7, 11) is 4.52. The third kappa shape index (κ3) is 4.89. The van der Waals surface area contributed by atoms with Crippen LogP contribution in [0.5, 0.6) is 28.7 Å². The van der Waals surface area contributed by atoms with Gasteiger partial charge < -0.3 is 39.4 Å². The fraction of sp³-hybridized carbons (Fsp3) is 0.455. The van der Waals surface area contributed by atoms with Crippen LogP contribution in [0.3, 0.4) is 0 Å². The Kier molecular flexibility index (Phi) is 8.58. The lowest BCUT2D eigenvalue weighted by Crippen LogP contribution is -2.20. The predicted molar refractivity (Wildman–Crippen MR) is 112 cm³/mol. The Labute approximate surface area is 176 Å². The van der Waals surface area contributed by atoms with Gasteiger partial charge in [0.15, 0.2) is 11.5 Å². The van der Waals surface area contributed by atoms with Gasteiger partial charge >= 0.3 is 0 Å². The number of methoxy groups -OCH3 is 3. The van der Waals surface area contributed by atoms with E-state index in [1.54, 1.807) is 12.1 Å². The molecule has 0 fully saturated rings. The second-order valence-corrected chi connectivity index (χ2v) is 6.64. The molecular formula is C22H30O8. The molecule has 0 saturated heterocycles. The number of aromatic hydroxyl groups is 2. The number of aliphatic hydroxyl groups is 2. The van der Waals surface area contributed by atoms with Gasteiger partial charge in [0.05, 0.1) is 41.2 Å². The Morgan fingerprint density at radius 3 is 2.20 bits per heavy atom. The molecule has 0 aliphatic heterocycles. The minimum Gasteiger partial charge on any atom is -0.508 e. The summed E-state index contributed by atoms with van der Waals surface area (Å²) < 4.78 is 21.8. The molecule has 8 heteroatoms. The van der Waals surface area contributed by atoms with Crippen molar-refractivity contribution in [2.45, 2.75) is 25.9 Å². The molecule has 0 amide bonds. The fourth-order valence-corrected chi connectivity index (χ4v) is 3.46. The average Bonchev–Trinajstić information content (AvgIpc) is 2.75. The standard InChI is InChI=1S/C22H30O8/c1-5-14-15(8-9-30-12-13(24)11-23)20(18(26)10-17(14)25)16-6-7-19(27-2)22(29-4)21(16)28-3/h6-7,10,13,23-26H,5,8-9,11-12H2,1-4H3. The fourth-order valence-electron chi connectivity index (χ4n) is 3.46. The molecular weight excluding hydrogens is 392 g/mol. The lowest BCUT2D eigenvalue weighted by atomic mass is 9.90. The maximum Gasteiger partial charge on any atom is 0.203 e. The van der Waals surface area contributed by atoms with Crippen LogP contribution in [0.1, 0.15) is 18.1 Å². The van der Waals surface area contributed by atoms with Crippen LogP contribution >= 0.6 is 0 Å². The number of benzene rings is 2. The molecule has 8 nitrogen and oxygen atoms in total. The van der Waals surface area contributed by atoms with Gasteiger partial charge in [0, 0.05) is 17.2 Å². The zero-order valence-corrected chi connectivity index (χ0v) is 17.8. The molecule has 1 atom stereocenters. The van der Waals surface area contributed by atoms with Crippen LogP contribution in [-0.4, -0.2) is 67.7 Å². The number of rotatable bonds is 11. The number of ether oxygens (including phenoxy) is 4. The van der Waals surface area contributed by atoms with Crippen molar-refractivity contribution in [1.82, 2.24) is 0 Å². The van der Waals surface area contributed by atoms with Crippen LogP contribution in [0, 0.1) is 0 Å². The second kappa shape index (κ2) is 10.9. The number of hydrogen-bond donors (Lipinski definition) is 4. The first kappa shape index (κ1) is 23.6. The topological polar surface area (TPSA) is 118 Å². The van der Waals surface area contributed by atoms with Crippen LogP contribution in [-0.2, 0) is 17.6 Å². The summed E-state index contributed by atoms with van der Waals surface area (Å²) in [6, 6.07) is 4.78. The van der Waals surface area contributed by atoms with Crippen LogP contribution in [0.15, 0.2) is 18.2 Å². The van der Waals surface area contributed by atoms with Crippen molar-refractivity contribution < 1.29 is 39.4 Å². The van der Waals surface area contributed by atoms with Gasteiger partial charge in [-0.15, -0.1) is 0 Å². The van der Waals surface area contributed by atoms with E-state index in [-0.39, 0.29) is 31.3 Å². The maximum absolute atomic E-state index is 10.7. The Balaban J connectivity index is 2.59. The Morgan fingerprint density at radius 2 is 1.63 bits per heavy atom. The van der Waals surface area contributed by atoms with E-state index in [0.29, 0.717) is 52.3 Å². The van der Waals surface area contributed by atoms with Gasteiger partial charge in [0.1, 0.15) is 17.6 Å². The first-order valence-corrected chi connectivity index (χ1v) is 9.65. The van der Waals surface area contributed by atoms with Crippen LogP contribution in [0.2, 0.25) is 0 Å². The maximum atomic E-state index is 10.7. The van der Waals surface area contributed by atoms with E-state index < -0.39 is 6.10 Å². The normalized spacial score (nSPS) is 11.9. The molecule has 0 bridgehead atoms. The minimum absolute atomic E-state index is 0.0106. The van der Waals surface area contributed by atoms with Crippen LogP contribution in [0.25, 0.3) is 11.1 Å². The summed E-state index contributed by atoms with van der Waals surface area (Å²) in [4.78, 5) is 0. The molecule has 0 spiro atoms. The highest BCUT2D eigenvalue weighted by atomic mass is 16.5. The second-order valence-electron chi connectivity index (χ2n) is 6.64. The van der Waals surface area contributed by atoms with Gasteiger partial charge in [-0.25, -0.2) is 0 Å². The molecule has 0 heterocycles. The van der Waals surface area contributed by atoms with Gasteiger partial charge in [-0.1, -0.05) is 6.92 Å². The van der Waals surface area contributed by atoms with E-state index in [4.69, 9.17) is 24.1 Å². The highest BCUT2D eigenvalue weighted by molar-refractivity contribution is 5.84. The van der Waals surface area contributed by atoms with Crippen molar-refractivity contribution in [2.24, 2.45) is 0 Å². The Hall–Kier alpha value is -2.68. The van der Waals surface area contributed by atoms with E-state index in [1.807, 2.05) is 6.92 Å². The smallest absolute Gasteiger partial charge is 0.203 e. The first-order chi connectivity index (χ1) is 14.4. The molecule has 0 aliphatic rings. The summed E-state index contributed by atoms with van der Waals surface area (Å²) in [5.74, 6) is 1.13. The molecule has 0 aromatic heterocycles. The van der Waals surface area contributed by atoms with E-state index in [2.05, 4.69) is 0 Å². The molecule has 2 rings (SSSR count). The number of hydrogen-bond acceptors (Lipinski definition) is 8. The highest BCUT2D eigenvalue weighted by Gasteiger charge is 2.24. The number of phenols is 2. The predicted octanol–water partition coefficient (Wildman–Crippen LogP) is 2.27. The van der Waals surface area contributed by atoms with Crippen molar-refractivity contribution in [1.29, 1.82) is 0 Å². The molecule has 2 aromatic rings. The first-order valence-electron chi connectivity index (χ1n) is 9.65. The van der Waals surface area contributed by atoms with Crippen molar-refractivity contribution in [3.05, 3.63) is 29.3 Å². The summed E-state index contributed by atoms with van der Waals surface area (Å²) in [6.45, 7) is 1.72. The molecule has 0 radical (unpaired) electrons. The van der Waals surface area contributed by atoms with Gasteiger partial charge in [0.2, 0.25) is 5.75 Å². The van der Waals surface area contributed by atoms with Crippen molar-refractivity contribution >= 4 is 0 Å². The molecule has 4 N–H and O–H groups in total.